The van der Waals surface area contributed by atoms with Gasteiger partial charge in [-0.25, -0.2) is 18.7 Å². The predicted molar refractivity (Wildman–Crippen MR) is 263 cm³/mol. The van der Waals surface area contributed by atoms with Gasteiger partial charge in [-0.15, -0.1) is 0 Å². The molecule has 0 radical (unpaired) electrons. The summed E-state index contributed by atoms with van der Waals surface area (Å²) in [4.78, 5) is 72.0. The fourth-order valence-corrected chi connectivity index (χ4v) is 12.2. The molecular formula is C54H62F2N10O4. The predicted octanol–water partition coefficient (Wildman–Crippen LogP) is 6.58. The van der Waals surface area contributed by atoms with Gasteiger partial charge in [0.2, 0.25) is 17.7 Å². The number of aryl methyl sites for hydroxylation is 1. The van der Waals surface area contributed by atoms with Crippen LogP contribution in [0.1, 0.15) is 97.0 Å². The number of carbonyl (C=O) groups excluding carboxylic acids is 4. The molecule has 16 heteroatoms. The summed E-state index contributed by atoms with van der Waals surface area (Å²) in [6.45, 7) is 9.92. The van der Waals surface area contributed by atoms with Crippen molar-refractivity contribution in [2.24, 2.45) is 13.0 Å². The zero-order valence-corrected chi connectivity index (χ0v) is 40.4. The van der Waals surface area contributed by atoms with Crippen molar-refractivity contribution in [3.05, 3.63) is 107 Å². The van der Waals surface area contributed by atoms with Crippen LogP contribution in [0.25, 0.3) is 22.2 Å². The van der Waals surface area contributed by atoms with E-state index in [4.69, 9.17) is 0 Å². The number of rotatable bonds is 11. The minimum Gasteiger partial charge on any atom is -0.373 e. The Bertz CT molecular complexity index is 2840. The van der Waals surface area contributed by atoms with Gasteiger partial charge in [-0.3, -0.25) is 44.1 Å². The third-order valence-corrected chi connectivity index (χ3v) is 16.5. The molecule has 5 aliphatic heterocycles. The van der Waals surface area contributed by atoms with Crippen molar-refractivity contribution < 1.29 is 28.0 Å². The highest BCUT2D eigenvalue weighted by Gasteiger charge is 2.61. The van der Waals surface area contributed by atoms with E-state index in [2.05, 4.69) is 71.1 Å². The largest absolute Gasteiger partial charge is 0.373 e. The first-order valence-corrected chi connectivity index (χ1v) is 25.2. The Balaban J connectivity index is 0.650. The van der Waals surface area contributed by atoms with Gasteiger partial charge in [-0.05, 0) is 136 Å². The number of hydrogen-bond acceptors (Lipinski definition) is 10. The molecule has 8 heterocycles. The monoisotopic (exact) mass is 952 g/mol. The van der Waals surface area contributed by atoms with Gasteiger partial charge in [0.05, 0.1) is 5.41 Å². The van der Waals surface area contributed by atoms with Gasteiger partial charge >= 0.3 is 0 Å². The van der Waals surface area contributed by atoms with Crippen LogP contribution in [0.4, 0.5) is 20.3 Å². The Morgan fingerprint density at radius 3 is 2.31 bits per heavy atom. The molecule has 1 spiro atoms. The van der Waals surface area contributed by atoms with E-state index < -0.39 is 29.0 Å². The van der Waals surface area contributed by atoms with E-state index in [9.17, 15) is 19.2 Å². The van der Waals surface area contributed by atoms with Crippen LogP contribution in [0.15, 0.2) is 67.0 Å². The van der Waals surface area contributed by atoms with Crippen molar-refractivity contribution in [3.8, 4) is 11.1 Å². The zero-order valence-electron chi connectivity index (χ0n) is 40.4. The number of piperazine rings is 1. The maximum absolute atomic E-state index is 15.9. The van der Waals surface area contributed by atoms with Crippen molar-refractivity contribution in [2.45, 2.75) is 94.8 Å². The number of aromatic nitrogens is 3. The summed E-state index contributed by atoms with van der Waals surface area (Å²) in [6.07, 6.45) is 8.73. The average Bonchev–Trinajstić information content (AvgIpc) is 4.07. The number of pyridine rings is 2. The van der Waals surface area contributed by atoms with Gasteiger partial charge in [-0.2, -0.15) is 0 Å². The second-order valence-corrected chi connectivity index (χ2v) is 20.8. The number of carbonyl (C=O) groups is 4. The van der Waals surface area contributed by atoms with Crippen LogP contribution >= 0.6 is 0 Å². The number of halogens is 2. The quantitative estimate of drug-likeness (QED) is 0.140. The smallest absolute Gasteiger partial charge is 0.254 e. The number of piperidine rings is 3. The van der Waals surface area contributed by atoms with E-state index in [1.54, 1.807) is 9.80 Å². The summed E-state index contributed by atoms with van der Waals surface area (Å²) in [7, 11) is 3.87. The maximum atomic E-state index is 15.9. The summed E-state index contributed by atoms with van der Waals surface area (Å²) in [6, 6.07) is 16.6. The van der Waals surface area contributed by atoms with Crippen LogP contribution in [0.5, 0.6) is 0 Å². The number of anilines is 2. The Hall–Kier alpha value is -6.10. The maximum Gasteiger partial charge on any atom is 0.254 e. The minimum absolute atomic E-state index is 0.0142. The number of imide groups is 1. The fraction of sp³-hybridized carbons (Fsp3) is 0.481. The van der Waals surface area contributed by atoms with Gasteiger partial charge in [0, 0.05) is 125 Å². The summed E-state index contributed by atoms with van der Waals surface area (Å²) >= 11 is 0. The normalized spacial score (nSPS) is 22.6. The lowest BCUT2D eigenvalue weighted by Crippen LogP contribution is -2.54. The zero-order chi connectivity index (χ0) is 48.4. The average molecular weight is 953 g/mol. The van der Waals surface area contributed by atoms with Crippen LogP contribution in [-0.2, 0) is 39.9 Å². The molecule has 3 aromatic heterocycles. The number of amides is 4. The van der Waals surface area contributed by atoms with Crippen LogP contribution in [0.2, 0.25) is 0 Å². The molecule has 1 aliphatic carbocycles. The Morgan fingerprint density at radius 1 is 0.857 bits per heavy atom. The second kappa shape index (κ2) is 18.6. The number of nitrogens with one attached hydrogen (secondary N) is 2. The van der Waals surface area contributed by atoms with Crippen LogP contribution in [0, 0.1) is 17.6 Å². The molecule has 1 unspecified atom stereocenters. The Labute approximate surface area is 407 Å². The molecule has 70 heavy (non-hydrogen) atoms. The van der Waals surface area contributed by atoms with Gasteiger partial charge in [0.25, 0.3) is 5.91 Å². The van der Waals surface area contributed by atoms with Crippen molar-refractivity contribution in [3.63, 3.8) is 0 Å². The highest BCUT2D eigenvalue weighted by atomic mass is 19.1. The standard InChI is InChI=1S/C54H62F2N10O4/c1-33-29-63(30-35-4-6-45-42(24-35)54(15-16-54)53(70)66(45)46-7-9-48(67)60-51(46)68)22-23-65(33)31-34-11-20-64(21-12-34)52(69)38-25-43(55)49(44(56)26-38)36-13-18-62(19-14-36)32-39-27-41-40(10-17-58-50(41)61(39)3)37-5-8-47(57-2)59-28-37/h4-6,8,10,17,24-28,33-34,36,46H,7,9,11-16,18-23,29-32H2,1-3H3,(H,57,59)(H,60,67,68)/t33-,46?/m0/s1. The molecule has 2 N–H and O–H groups in total. The molecular weight excluding hydrogens is 891 g/mol. The third kappa shape index (κ3) is 8.55. The number of likely N-dealkylation sites (tertiary alicyclic amines) is 2. The lowest BCUT2D eigenvalue weighted by Gasteiger charge is -2.42. The topological polar surface area (TPSA) is 139 Å². The molecule has 5 aromatic rings. The van der Waals surface area contributed by atoms with Gasteiger partial charge < -0.3 is 14.8 Å². The number of benzene rings is 2. The van der Waals surface area contributed by atoms with Crippen molar-refractivity contribution in [1.82, 2.24) is 39.5 Å². The highest BCUT2D eigenvalue weighted by Crippen LogP contribution is 2.58. The van der Waals surface area contributed by atoms with Crippen LogP contribution in [0.3, 0.4) is 0 Å². The first-order chi connectivity index (χ1) is 33.9. The van der Waals surface area contributed by atoms with Crippen LogP contribution < -0.4 is 15.5 Å². The lowest BCUT2D eigenvalue weighted by molar-refractivity contribution is -0.135. The summed E-state index contributed by atoms with van der Waals surface area (Å²) < 4.78 is 33.9. The van der Waals surface area contributed by atoms with E-state index in [0.717, 1.165) is 109 Å². The Morgan fingerprint density at radius 2 is 1.63 bits per heavy atom. The molecule has 4 saturated heterocycles. The van der Waals surface area contributed by atoms with E-state index in [0.29, 0.717) is 63.9 Å². The minimum atomic E-state index is -0.654. The molecule has 14 nitrogen and oxygen atoms in total. The SMILES string of the molecule is CNc1ccc(-c2ccnc3c2cc(CN2CCC(c4c(F)cc(C(=O)N5CCC(CN6CCN(Cc7ccc8c(c7)C7(CC7)C(=O)N8C7CCC(=O)NC7=O)C[C@@H]6C)CC5)cc4F)CC2)n3C)cn1. The second-order valence-electron chi connectivity index (χ2n) is 20.8. The third-order valence-electron chi connectivity index (χ3n) is 16.5. The van der Waals surface area contributed by atoms with E-state index in [1.807, 2.05) is 44.7 Å². The number of fused-ring (bicyclic) bond motifs is 3. The molecule has 11 rings (SSSR count). The van der Waals surface area contributed by atoms with Gasteiger partial charge in [0.1, 0.15) is 29.1 Å². The number of hydrogen-bond donors (Lipinski definition) is 2. The molecule has 0 bridgehead atoms. The van der Waals surface area contributed by atoms with Crippen molar-refractivity contribution in [1.29, 1.82) is 0 Å². The van der Waals surface area contributed by atoms with Crippen LogP contribution in [-0.4, -0.2) is 129 Å². The molecule has 2 aromatic carbocycles. The van der Waals surface area contributed by atoms with E-state index in [1.165, 1.54) is 12.1 Å². The van der Waals surface area contributed by atoms with Crippen molar-refractivity contribution >= 4 is 46.2 Å². The van der Waals surface area contributed by atoms with Gasteiger partial charge in [-0.1, -0.05) is 12.1 Å². The molecule has 5 fully saturated rings. The molecule has 2 atom stereocenters. The first-order valence-electron chi connectivity index (χ1n) is 25.2. The highest BCUT2D eigenvalue weighted by molar-refractivity contribution is 6.15. The molecule has 4 amide bonds. The molecule has 366 valence electrons. The first kappa shape index (κ1) is 46.3. The van der Waals surface area contributed by atoms with E-state index in [-0.39, 0.29) is 41.2 Å². The summed E-state index contributed by atoms with van der Waals surface area (Å²) in [5.74, 6) is -1.32. The van der Waals surface area contributed by atoms with Crippen molar-refractivity contribution in [2.75, 3.05) is 69.6 Å². The molecule has 1 saturated carbocycles. The number of nitrogens with zero attached hydrogens (tertiary/aromatic N) is 8. The van der Waals surface area contributed by atoms with E-state index >= 15 is 8.78 Å². The summed E-state index contributed by atoms with van der Waals surface area (Å²) in [5, 5.41) is 6.54. The fourth-order valence-electron chi connectivity index (χ4n) is 12.2. The molecule has 6 aliphatic rings. The lowest BCUT2D eigenvalue weighted by atomic mass is 9.87. The van der Waals surface area contributed by atoms with Gasteiger partial charge in [0.15, 0.2) is 0 Å². The summed E-state index contributed by atoms with van der Waals surface area (Å²) in [5.41, 5.74) is 6.69. The Kier molecular flexibility index (Phi) is 12.3.